The normalized spacial score (nSPS) is 21.0. The molecule has 0 amide bonds. The zero-order valence-corrected chi connectivity index (χ0v) is 12.3. The fourth-order valence-electron chi connectivity index (χ4n) is 2.11. The molecule has 3 rings (SSSR count). The Kier molecular flexibility index (Phi) is 3.77. The van der Waals surface area contributed by atoms with Crippen LogP contribution in [0.2, 0.25) is 5.02 Å². The number of benzene rings is 1. The largest absolute Gasteiger partial charge is 0.458 e. The Morgan fingerprint density at radius 1 is 1.09 bits per heavy atom. The lowest BCUT2D eigenvalue weighted by Crippen LogP contribution is -2.45. The Morgan fingerprint density at radius 3 is 2.26 bits per heavy atom. The van der Waals surface area contributed by atoms with E-state index in [-0.39, 0.29) is 5.71 Å². The van der Waals surface area contributed by atoms with Gasteiger partial charge >= 0.3 is 12.0 Å². The standard InChI is InChI=1S/C15H10ClF3N2O2/c16-11-5-6-12(20-8-11)9-1-3-10(4-2-9)13-7-14(22,23-21-13)15(17,18)19/h1-6,8,22H,7H2. The van der Waals surface area contributed by atoms with E-state index < -0.39 is 18.4 Å². The summed E-state index contributed by atoms with van der Waals surface area (Å²) in [6, 6.07) is 10.00. The van der Waals surface area contributed by atoms with Gasteiger partial charge in [-0.1, -0.05) is 41.0 Å². The lowest BCUT2D eigenvalue weighted by molar-refractivity contribution is -0.355. The van der Waals surface area contributed by atoms with Gasteiger partial charge in [0.15, 0.2) is 0 Å². The van der Waals surface area contributed by atoms with Crippen LogP contribution in [0, 0.1) is 0 Å². The Balaban J connectivity index is 1.80. The monoisotopic (exact) mass is 342 g/mol. The van der Waals surface area contributed by atoms with Crippen LogP contribution in [0.5, 0.6) is 0 Å². The van der Waals surface area contributed by atoms with Crippen molar-refractivity contribution < 1.29 is 23.1 Å². The van der Waals surface area contributed by atoms with Crippen molar-refractivity contribution in [1.82, 2.24) is 4.98 Å². The second-order valence-electron chi connectivity index (χ2n) is 5.03. The highest BCUT2D eigenvalue weighted by Crippen LogP contribution is 2.39. The molecule has 0 saturated carbocycles. The minimum Gasteiger partial charge on any atom is -0.350 e. The van der Waals surface area contributed by atoms with Crippen molar-refractivity contribution in [2.75, 3.05) is 0 Å². The van der Waals surface area contributed by atoms with Crippen LogP contribution in [0.1, 0.15) is 12.0 Å². The topological polar surface area (TPSA) is 54.7 Å². The number of rotatable bonds is 2. The number of oxime groups is 1. The Morgan fingerprint density at radius 2 is 1.74 bits per heavy atom. The quantitative estimate of drug-likeness (QED) is 0.903. The van der Waals surface area contributed by atoms with E-state index in [0.717, 1.165) is 5.56 Å². The molecule has 0 spiro atoms. The maximum absolute atomic E-state index is 12.7. The Hall–Kier alpha value is -2.12. The van der Waals surface area contributed by atoms with Crippen LogP contribution in [0.4, 0.5) is 13.2 Å². The molecule has 1 aromatic carbocycles. The summed E-state index contributed by atoms with van der Waals surface area (Å²) >= 11 is 5.77. The molecule has 1 aliphatic rings. The van der Waals surface area contributed by atoms with E-state index in [1.165, 1.54) is 6.20 Å². The number of pyridine rings is 1. The Bertz CT molecular complexity index is 745. The number of halogens is 4. The maximum Gasteiger partial charge on any atom is 0.458 e. The first-order chi connectivity index (χ1) is 10.8. The number of hydrogen-bond acceptors (Lipinski definition) is 4. The molecule has 1 unspecified atom stereocenters. The first kappa shape index (κ1) is 15.8. The molecule has 4 nitrogen and oxygen atoms in total. The summed E-state index contributed by atoms with van der Waals surface area (Å²) in [5.41, 5.74) is 1.91. The first-order valence-corrected chi connectivity index (χ1v) is 6.93. The number of alkyl halides is 3. The van der Waals surface area contributed by atoms with Crippen LogP contribution >= 0.6 is 11.6 Å². The number of aromatic nitrogens is 1. The average molecular weight is 343 g/mol. The summed E-state index contributed by atoms with van der Waals surface area (Å²) in [6.45, 7) is 0. The summed E-state index contributed by atoms with van der Waals surface area (Å²) in [4.78, 5) is 8.35. The minimum atomic E-state index is -4.91. The van der Waals surface area contributed by atoms with Crippen LogP contribution in [-0.4, -0.2) is 27.8 Å². The smallest absolute Gasteiger partial charge is 0.350 e. The molecule has 8 heteroatoms. The molecule has 0 fully saturated rings. The zero-order chi connectivity index (χ0) is 16.7. The van der Waals surface area contributed by atoms with Crippen LogP contribution < -0.4 is 0 Å². The maximum atomic E-state index is 12.7. The van der Waals surface area contributed by atoms with E-state index in [4.69, 9.17) is 11.6 Å². The van der Waals surface area contributed by atoms with Gasteiger partial charge in [0.05, 0.1) is 22.8 Å². The van der Waals surface area contributed by atoms with Gasteiger partial charge in [0.25, 0.3) is 0 Å². The van der Waals surface area contributed by atoms with Gasteiger partial charge in [-0.15, -0.1) is 0 Å². The van der Waals surface area contributed by atoms with Crippen molar-refractivity contribution in [3.8, 4) is 11.3 Å². The van der Waals surface area contributed by atoms with Crippen molar-refractivity contribution in [2.45, 2.75) is 18.4 Å². The Labute approximate surface area is 134 Å². The summed E-state index contributed by atoms with van der Waals surface area (Å²) < 4.78 is 38.1. The van der Waals surface area contributed by atoms with Gasteiger partial charge in [-0.25, -0.2) is 0 Å². The number of hydrogen-bond donors (Lipinski definition) is 1. The summed E-state index contributed by atoms with van der Waals surface area (Å²) in [5, 5.41) is 13.3. The highest BCUT2D eigenvalue weighted by Gasteiger charge is 2.60. The van der Waals surface area contributed by atoms with Gasteiger partial charge in [0.1, 0.15) is 0 Å². The predicted octanol–water partition coefficient (Wildman–Crippen LogP) is 3.78. The van der Waals surface area contributed by atoms with E-state index in [2.05, 4.69) is 15.0 Å². The summed E-state index contributed by atoms with van der Waals surface area (Å²) in [5.74, 6) is -3.27. The second-order valence-corrected chi connectivity index (χ2v) is 5.46. The van der Waals surface area contributed by atoms with Crippen LogP contribution in [0.25, 0.3) is 11.3 Å². The molecule has 2 heterocycles. The highest BCUT2D eigenvalue weighted by molar-refractivity contribution is 6.30. The molecule has 1 atom stereocenters. The van der Waals surface area contributed by atoms with Crippen molar-refractivity contribution >= 4 is 17.3 Å². The molecule has 0 radical (unpaired) electrons. The van der Waals surface area contributed by atoms with Gasteiger partial charge in [0.2, 0.25) is 0 Å². The first-order valence-electron chi connectivity index (χ1n) is 6.55. The van der Waals surface area contributed by atoms with Gasteiger partial charge in [-0.2, -0.15) is 13.2 Å². The SMILES string of the molecule is OC1(C(F)(F)F)CC(c2ccc(-c3ccc(Cl)cn3)cc2)=NO1. The van der Waals surface area contributed by atoms with Crippen molar-refractivity contribution in [3.05, 3.63) is 53.2 Å². The third-order valence-electron chi connectivity index (χ3n) is 3.40. The van der Waals surface area contributed by atoms with Gasteiger partial charge in [-0.05, 0) is 17.7 Å². The molecule has 23 heavy (non-hydrogen) atoms. The minimum absolute atomic E-state index is 0.0282. The fourth-order valence-corrected chi connectivity index (χ4v) is 2.22. The van der Waals surface area contributed by atoms with E-state index >= 15 is 0 Å². The molecule has 1 aromatic heterocycles. The third kappa shape index (κ3) is 3.02. The second kappa shape index (κ2) is 5.50. The van der Waals surface area contributed by atoms with Gasteiger partial charge in [0, 0.05) is 11.8 Å². The van der Waals surface area contributed by atoms with E-state index in [9.17, 15) is 18.3 Å². The number of nitrogens with zero attached hydrogens (tertiary/aromatic N) is 2. The van der Waals surface area contributed by atoms with E-state index in [1.807, 2.05) is 0 Å². The van der Waals surface area contributed by atoms with Crippen LogP contribution in [0.15, 0.2) is 47.8 Å². The van der Waals surface area contributed by atoms with Crippen molar-refractivity contribution in [2.24, 2.45) is 5.16 Å². The predicted molar refractivity (Wildman–Crippen MR) is 77.9 cm³/mol. The molecule has 0 saturated heterocycles. The van der Waals surface area contributed by atoms with E-state index in [1.54, 1.807) is 36.4 Å². The lowest BCUT2D eigenvalue weighted by Gasteiger charge is -2.22. The highest BCUT2D eigenvalue weighted by atomic mass is 35.5. The zero-order valence-electron chi connectivity index (χ0n) is 11.5. The van der Waals surface area contributed by atoms with Crippen LogP contribution in [0.3, 0.4) is 0 Å². The number of aliphatic hydroxyl groups is 1. The summed E-state index contributed by atoms with van der Waals surface area (Å²) in [7, 11) is 0. The summed E-state index contributed by atoms with van der Waals surface area (Å²) in [6.07, 6.45) is -4.16. The van der Waals surface area contributed by atoms with Crippen molar-refractivity contribution in [3.63, 3.8) is 0 Å². The molecule has 120 valence electrons. The fraction of sp³-hybridized carbons (Fsp3) is 0.200. The molecule has 0 aliphatic carbocycles. The molecule has 1 N–H and O–H groups in total. The average Bonchev–Trinajstić information content (AvgIpc) is 2.92. The molecular weight excluding hydrogens is 333 g/mol. The molecular formula is C15H10ClF3N2O2. The van der Waals surface area contributed by atoms with E-state index in [0.29, 0.717) is 16.3 Å². The molecule has 1 aliphatic heterocycles. The van der Waals surface area contributed by atoms with Crippen molar-refractivity contribution in [1.29, 1.82) is 0 Å². The van der Waals surface area contributed by atoms with Gasteiger partial charge in [-0.3, -0.25) is 4.98 Å². The third-order valence-corrected chi connectivity index (χ3v) is 3.62. The van der Waals surface area contributed by atoms with Crippen LogP contribution in [-0.2, 0) is 4.84 Å². The molecule has 2 aromatic rings. The van der Waals surface area contributed by atoms with Gasteiger partial charge < -0.3 is 9.94 Å². The molecule has 0 bridgehead atoms. The lowest BCUT2D eigenvalue weighted by atomic mass is 10.0.